The van der Waals surface area contributed by atoms with Crippen LogP contribution in [0, 0.1) is 11.8 Å². The summed E-state index contributed by atoms with van der Waals surface area (Å²) in [4.78, 5) is 49.4. The minimum atomic E-state index is -0.544. The van der Waals surface area contributed by atoms with Gasteiger partial charge in [0.2, 0.25) is 11.8 Å². The lowest BCUT2D eigenvalue weighted by atomic mass is 10.1. The first-order valence-corrected chi connectivity index (χ1v) is 11.5. The molecule has 8 nitrogen and oxygen atoms in total. The van der Waals surface area contributed by atoms with Crippen LogP contribution >= 0.6 is 0 Å². The van der Waals surface area contributed by atoms with E-state index in [9.17, 15) is 14.4 Å². The fraction of sp³-hybridized carbons (Fsp3) is 0.652. The van der Waals surface area contributed by atoms with Gasteiger partial charge in [-0.05, 0) is 37.3 Å². The van der Waals surface area contributed by atoms with Crippen LogP contribution in [0.15, 0.2) is 24.5 Å². The van der Waals surface area contributed by atoms with Crippen LogP contribution in [0.4, 0.5) is 0 Å². The zero-order valence-corrected chi connectivity index (χ0v) is 18.5. The second kappa shape index (κ2) is 9.34. The fourth-order valence-electron chi connectivity index (χ4n) is 4.63. The van der Waals surface area contributed by atoms with Crippen molar-refractivity contribution < 1.29 is 14.4 Å². The van der Waals surface area contributed by atoms with Gasteiger partial charge >= 0.3 is 0 Å². The highest BCUT2D eigenvalue weighted by molar-refractivity contribution is 5.98. The molecule has 1 saturated carbocycles. The largest absolute Gasteiger partial charge is 0.338 e. The molecule has 8 heteroatoms. The standard InChI is InChI=1S/C23H33N5O3/c1-16(2)14-27(21(29)17-5-6-17)19-12-20(23(31)26-10-8-24-9-11-26)28(15-19)22(30)18-4-3-7-25-13-18/h3-4,7,13,16-17,19-20,24H,5-6,8-12,14-15H2,1-2H3. The second-order valence-corrected chi connectivity index (χ2v) is 9.34. The number of rotatable bonds is 6. The number of nitrogens with one attached hydrogen (secondary N) is 1. The molecule has 0 radical (unpaired) electrons. The monoisotopic (exact) mass is 427 g/mol. The Morgan fingerprint density at radius 2 is 1.97 bits per heavy atom. The Kier molecular flexibility index (Phi) is 6.55. The lowest BCUT2D eigenvalue weighted by molar-refractivity contribution is -0.137. The molecular formula is C23H33N5O3. The third kappa shape index (κ3) is 4.89. The summed E-state index contributed by atoms with van der Waals surface area (Å²) in [5.41, 5.74) is 0.477. The van der Waals surface area contributed by atoms with E-state index in [4.69, 9.17) is 0 Å². The zero-order chi connectivity index (χ0) is 22.0. The summed E-state index contributed by atoms with van der Waals surface area (Å²) < 4.78 is 0. The molecular weight excluding hydrogens is 394 g/mol. The maximum absolute atomic E-state index is 13.4. The summed E-state index contributed by atoms with van der Waals surface area (Å²) in [6.07, 6.45) is 5.57. The molecule has 1 aliphatic carbocycles. The Hall–Kier alpha value is -2.48. The molecule has 31 heavy (non-hydrogen) atoms. The average molecular weight is 428 g/mol. The third-order valence-corrected chi connectivity index (χ3v) is 6.37. The second-order valence-electron chi connectivity index (χ2n) is 9.34. The summed E-state index contributed by atoms with van der Waals surface area (Å²) >= 11 is 0. The first-order chi connectivity index (χ1) is 15.0. The molecule has 0 spiro atoms. The molecule has 2 aliphatic heterocycles. The van der Waals surface area contributed by atoms with Gasteiger partial charge in [0.1, 0.15) is 6.04 Å². The predicted molar refractivity (Wildman–Crippen MR) is 116 cm³/mol. The van der Waals surface area contributed by atoms with E-state index in [1.54, 1.807) is 29.4 Å². The van der Waals surface area contributed by atoms with Gasteiger partial charge in [-0.2, -0.15) is 0 Å². The molecule has 1 aromatic rings. The molecule has 3 heterocycles. The zero-order valence-electron chi connectivity index (χ0n) is 18.5. The molecule has 3 fully saturated rings. The topological polar surface area (TPSA) is 85.9 Å². The number of likely N-dealkylation sites (tertiary alicyclic amines) is 1. The molecule has 3 amide bonds. The molecule has 2 saturated heterocycles. The summed E-state index contributed by atoms with van der Waals surface area (Å²) in [6.45, 7) is 8.06. The van der Waals surface area contributed by atoms with Gasteiger partial charge in [0.25, 0.3) is 5.91 Å². The lowest BCUT2D eigenvalue weighted by Crippen LogP contribution is -2.53. The third-order valence-electron chi connectivity index (χ3n) is 6.37. The van der Waals surface area contributed by atoms with Gasteiger partial charge in [0.15, 0.2) is 0 Å². The maximum Gasteiger partial charge on any atom is 0.256 e. The molecule has 0 aromatic carbocycles. The van der Waals surface area contributed by atoms with Crippen molar-refractivity contribution in [2.75, 3.05) is 39.3 Å². The number of carbonyl (C=O) groups excluding carboxylic acids is 3. The van der Waals surface area contributed by atoms with E-state index in [2.05, 4.69) is 24.1 Å². The van der Waals surface area contributed by atoms with Crippen molar-refractivity contribution in [3.05, 3.63) is 30.1 Å². The Bertz CT molecular complexity index is 805. The molecule has 4 rings (SSSR count). The molecule has 168 valence electrons. The van der Waals surface area contributed by atoms with Crippen molar-refractivity contribution in [1.82, 2.24) is 25.0 Å². The summed E-state index contributed by atoms with van der Waals surface area (Å²) in [5.74, 6) is 0.428. The summed E-state index contributed by atoms with van der Waals surface area (Å²) in [6, 6.07) is 2.79. The van der Waals surface area contributed by atoms with Gasteiger partial charge in [0.05, 0.1) is 11.6 Å². The van der Waals surface area contributed by atoms with Crippen molar-refractivity contribution in [2.45, 2.75) is 45.2 Å². The number of hydrogen-bond donors (Lipinski definition) is 1. The highest BCUT2D eigenvalue weighted by atomic mass is 16.2. The normalized spacial score (nSPS) is 23.8. The van der Waals surface area contributed by atoms with Crippen LogP contribution in [0.5, 0.6) is 0 Å². The van der Waals surface area contributed by atoms with Crippen LogP contribution in [-0.4, -0.2) is 88.8 Å². The quantitative estimate of drug-likeness (QED) is 0.732. The van der Waals surface area contributed by atoms with E-state index in [0.717, 1.165) is 25.9 Å². The van der Waals surface area contributed by atoms with Gasteiger partial charge in [-0.3, -0.25) is 19.4 Å². The molecule has 1 N–H and O–H groups in total. The van der Waals surface area contributed by atoms with Crippen molar-refractivity contribution in [3.63, 3.8) is 0 Å². The van der Waals surface area contributed by atoms with Crippen LogP contribution in [0.3, 0.4) is 0 Å². The van der Waals surface area contributed by atoms with Crippen LogP contribution in [0.1, 0.15) is 43.5 Å². The Balaban J connectivity index is 1.59. The van der Waals surface area contributed by atoms with Crippen molar-refractivity contribution >= 4 is 17.7 Å². The minimum absolute atomic E-state index is 0.00962. The van der Waals surface area contributed by atoms with Crippen molar-refractivity contribution in [2.24, 2.45) is 11.8 Å². The van der Waals surface area contributed by atoms with Crippen LogP contribution < -0.4 is 5.32 Å². The number of pyridine rings is 1. The van der Waals surface area contributed by atoms with E-state index in [-0.39, 0.29) is 29.7 Å². The van der Waals surface area contributed by atoms with Gasteiger partial charge in [-0.15, -0.1) is 0 Å². The molecule has 0 bridgehead atoms. The Labute approximate surface area is 184 Å². The van der Waals surface area contributed by atoms with Crippen molar-refractivity contribution in [3.8, 4) is 0 Å². The number of hydrogen-bond acceptors (Lipinski definition) is 5. The maximum atomic E-state index is 13.4. The predicted octanol–water partition coefficient (Wildman–Crippen LogP) is 0.991. The van der Waals surface area contributed by atoms with Crippen LogP contribution in [0.2, 0.25) is 0 Å². The lowest BCUT2D eigenvalue weighted by Gasteiger charge is -2.32. The first-order valence-electron chi connectivity index (χ1n) is 11.5. The molecule has 1 aromatic heterocycles. The van der Waals surface area contributed by atoms with Gasteiger partial charge in [-0.1, -0.05) is 13.8 Å². The fourth-order valence-corrected chi connectivity index (χ4v) is 4.63. The van der Waals surface area contributed by atoms with E-state index < -0.39 is 6.04 Å². The van der Waals surface area contributed by atoms with Gasteiger partial charge in [0, 0.05) is 57.6 Å². The number of piperazine rings is 1. The van der Waals surface area contributed by atoms with E-state index in [1.165, 1.54) is 0 Å². The van der Waals surface area contributed by atoms with Gasteiger partial charge < -0.3 is 20.0 Å². The van der Waals surface area contributed by atoms with E-state index in [0.29, 0.717) is 44.1 Å². The highest BCUT2D eigenvalue weighted by Crippen LogP contribution is 2.34. The summed E-state index contributed by atoms with van der Waals surface area (Å²) in [5, 5.41) is 3.27. The number of amides is 3. The Morgan fingerprint density at radius 1 is 1.23 bits per heavy atom. The Morgan fingerprint density at radius 3 is 2.58 bits per heavy atom. The molecule has 2 unspecified atom stereocenters. The number of aromatic nitrogens is 1. The molecule has 3 aliphatic rings. The van der Waals surface area contributed by atoms with Crippen LogP contribution in [-0.2, 0) is 9.59 Å². The smallest absolute Gasteiger partial charge is 0.256 e. The van der Waals surface area contributed by atoms with Crippen LogP contribution in [0.25, 0.3) is 0 Å². The minimum Gasteiger partial charge on any atom is -0.338 e. The average Bonchev–Trinajstić information content (AvgIpc) is 3.55. The SMILES string of the molecule is CC(C)CN(C(=O)C1CC1)C1CC(C(=O)N2CCNCC2)N(C(=O)c2cccnc2)C1. The first kappa shape index (κ1) is 21.7. The van der Waals surface area contributed by atoms with E-state index >= 15 is 0 Å². The molecule has 2 atom stereocenters. The summed E-state index contributed by atoms with van der Waals surface area (Å²) in [7, 11) is 0. The van der Waals surface area contributed by atoms with E-state index in [1.807, 2.05) is 9.80 Å². The van der Waals surface area contributed by atoms with Gasteiger partial charge in [-0.25, -0.2) is 0 Å². The highest BCUT2D eigenvalue weighted by Gasteiger charge is 2.46. The number of carbonyl (C=O) groups is 3. The van der Waals surface area contributed by atoms with Crippen molar-refractivity contribution in [1.29, 1.82) is 0 Å². The number of nitrogens with zero attached hydrogens (tertiary/aromatic N) is 4.